The number of rotatable bonds is 5. The van der Waals surface area contributed by atoms with Crippen LogP contribution in [0.4, 0.5) is 0 Å². The van der Waals surface area contributed by atoms with Crippen LogP contribution in [0.1, 0.15) is 18.9 Å². The van der Waals surface area contributed by atoms with E-state index in [1.807, 2.05) is 36.4 Å². The number of ether oxygens (including phenoxy) is 1. The SMILES string of the molecule is CC(=O)O[C@@H](/C=C/c1ccccc1)CCO. The van der Waals surface area contributed by atoms with Gasteiger partial charge < -0.3 is 9.84 Å². The van der Waals surface area contributed by atoms with Gasteiger partial charge in [0.25, 0.3) is 0 Å². The largest absolute Gasteiger partial charge is 0.458 e. The zero-order valence-corrected chi connectivity index (χ0v) is 9.30. The van der Waals surface area contributed by atoms with Gasteiger partial charge in [0.1, 0.15) is 6.10 Å². The molecule has 1 aromatic rings. The number of carbonyl (C=O) groups is 1. The van der Waals surface area contributed by atoms with Crippen LogP contribution in [0, 0.1) is 0 Å². The molecule has 1 atom stereocenters. The van der Waals surface area contributed by atoms with Gasteiger partial charge in [-0.3, -0.25) is 4.79 Å². The van der Waals surface area contributed by atoms with Crippen molar-refractivity contribution in [3.05, 3.63) is 42.0 Å². The molecule has 0 saturated heterocycles. The van der Waals surface area contributed by atoms with E-state index in [4.69, 9.17) is 9.84 Å². The Bertz CT molecular complexity index is 343. The molecular formula is C13H16O3. The first kappa shape index (κ1) is 12.5. The van der Waals surface area contributed by atoms with Crippen molar-refractivity contribution >= 4 is 12.0 Å². The predicted molar refractivity (Wildman–Crippen MR) is 62.7 cm³/mol. The molecule has 0 unspecified atom stereocenters. The molecule has 0 saturated carbocycles. The molecule has 0 aliphatic rings. The summed E-state index contributed by atoms with van der Waals surface area (Å²) in [6.45, 7) is 1.36. The molecule has 1 aromatic carbocycles. The highest BCUT2D eigenvalue weighted by atomic mass is 16.5. The van der Waals surface area contributed by atoms with Gasteiger partial charge in [-0.25, -0.2) is 0 Å². The molecule has 0 amide bonds. The number of hydrogen-bond donors (Lipinski definition) is 1. The van der Waals surface area contributed by atoms with Gasteiger partial charge in [-0.05, 0) is 11.6 Å². The highest BCUT2D eigenvalue weighted by molar-refractivity contribution is 5.66. The standard InChI is InChI=1S/C13H16O3/c1-11(15)16-13(9-10-14)8-7-12-5-3-2-4-6-12/h2-8,13-14H,9-10H2,1H3/b8-7+/t13-/m0/s1. The summed E-state index contributed by atoms with van der Waals surface area (Å²) in [7, 11) is 0. The second-order valence-corrected chi connectivity index (χ2v) is 3.43. The van der Waals surface area contributed by atoms with Gasteiger partial charge in [0, 0.05) is 20.0 Å². The fraction of sp³-hybridized carbons (Fsp3) is 0.308. The van der Waals surface area contributed by atoms with Crippen molar-refractivity contribution < 1.29 is 14.6 Å². The van der Waals surface area contributed by atoms with Crippen molar-refractivity contribution in [2.75, 3.05) is 6.61 Å². The summed E-state index contributed by atoms with van der Waals surface area (Å²) in [4.78, 5) is 10.8. The van der Waals surface area contributed by atoms with Crippen LogP contribution in [0.3, 0.4) is 0 Å². The van der Waals surface area contributed by atoms with Crippen molar-refractivity contribution in [2.45, 2.75) is 19.4 Å². The highest BCUT2D eigenvalue weighted by Crippen LogP contribution is 2.06. The Labute approximate surface area is 95.4 Å². The van der Waals surface area contributed by atoms with E-state index < -0.39 is 0 Å². The van der Waals surface area contributed by atoms with Crippen LogP contribution in [0.2, 0.25) is 0 Å². The summed E-state index contributed by atoms with van der Waals surface area (Å²) >= 11 is 0. The lowest BCUT2D eigenvalue weighted by molar-refractivity contribution is -0.144. The molecule has 86 valence electrons. The van der Waals surface area contributed by atoms with Gasteiger partial charge >= 0.3 is 5.97 Å². The van der Waals surface area contributed by atoms with Crippen molar-refractivity contribution in [1.29, 1.82) is 0 Å². The molecule has 0 aliphatic heterocycles. The van der Waals surface area contributed by atoms with E-state index in [1.165, 1.54) is 6.92 Å². The third kappa shape index (κ3) is 4.75. The zero-order chi connectivity index (χ0) is 11.8. The summed E-state index contributed by atoms with van der Waals surface area (Å²) in [5.74, 6) is -0.337. The first-order chi connectivity index (χ1) is 7.72. The van der Waals surface area contributed by atoms with E-state index in [-0.39, 0.29) is 18.7 Å². The Balaban J connectivity index is 2.60. The van der Waals surface area contributed by atoms with Crippen LogP contribution in [-0.2, 0) is 9.53 Å². The Morgan fingerprint density at radius 2 is 2.12 bits per heavy atom. The lowest BCUT2D eigenvalue weighted by Crippen LogP contribution is -2.15. The Morgan fingerprint density at radius 3 is 2.69 bits per heavy atom. The predicted octanol–water partition coefficient (Wildman–Crippen LogP) is 2.01. The lowest BCUT2D eigenvalue weighted by atomic mass is 10.1. The Hall–Kier alpha value is -1.61. The smallest absolute Gasteiger partial charge is 0.303 e. The number of aliphatic hydroxyl groups is 1. The monoisotopic (exact) mass is 220 g/mol. The molecule has 0 aliphatic carbocycles. The first-order valence-electron chi connectivity index (χ1n) is 5.23. The van der Waals surface area contributed by atoms with Gasteiger partial charge in [0.2, 0.25) is 0 Å². The van der Waals surface area contributed by atoms with Gasteiger partial charge in [0.15, 0.2) is 0 Å². The van der Waals surface area contributed by atoms with Gasteiger partial charge in [-0.1, -0.05) is 36.4 Å². The van der Waals surface area contributed by atoms with E-state index in [9.17, 15) is 4.79 Å². The van der Waals surface area contributed by atoms with Crippen LogP contribution in [0.15, 0.2) is 36.4 Å². The van der Waals surface area contributed by atoms with Crippen LogP contribution < -0.4 is 0 Å². The molecule has 0 spiro atoms. The summed E-state index contributed by atoms with van der Waals surface area (Å²) in [5.41, 5.74) is 1.04. The van der Waals surface area contributed by atoms with E-state index >= 15 is 0 Å². The minimum atomic E-state index is -0.359. The number of benzene rings is 1. The topological polar surface area (TPSA) is 46.5 Å². The maximum absolute atomic E-state index is 10.8. The average Bonchev–Trinajstić information content (AvgIpc) is 2.27. The van der Waals surface area contributed by atoms with Gasteiger partial charge in [-0.2, -0.15) is 0 Å². The Morgan fingerprint density at radius 1 is 1.44 bits per heavy atom. The zero-order valence-electron chi connectivity index (χ0n) is 9.30. The van der Waals surface area contributed by atoms with Crippen LogP contribution >= 0.6 is 0 Å². The maximum Gasteiger partial charge on any atom is 0.303 e. The maximum atomic E-state index is 10.8. The number of aliphatic hydroxyl groups excluding tert-OH is 1. The summed E-state index contributed by atoms with van der Waals surface area (Å²) in [5, 5.41) is 8.82. The van der Waals surface area contributed by atoms with Crippen molar-refractivity contribution in [3.63, 3.8) is 0 Å². The number of carbonyl (C=O) groups excluding carboxylic acids is 1. The Kier molecular flexibility index (Phi) is 5.29. The molecule has 1 rings (SSSR count). The molecular weight excluding hydrogens is 204 g/mol. The normalized spacial score (nSPS) is 12.6. The van der Waals surface area contributed by atoms with E-state index in [0.717, 1.165) is 5.56 Å². The quantitative estimate of drug-likeness (QED) is 0.772. The molecule has 0 radical (unpaired) electrons. The molecule has 3 nitrogen and oxygen atoms in total. The fourth-order valence-corrected chi connectivity index (χ4v) is 1.32. The molecule has 1 N–H and O–H groups in total. The fourth-order valence-electron chi connectivity index (χ4n) is 1.32. The molecule has 0 fully saturated rings. The third-order valence-electron chi connectivity index (χ3n) is 2.03. The lowest BCUT2D eigenvalue weighted by Gasteiger charge is -2.11. The van der Waals surface area contributed by atoms with Crippen LogP contribution in [0.5, 0.6) is 0 Å². The molecule has 0 heterocycles. The minimum Gasteiger partial charge on any atom is -0.458 e. The molecule has 3 heteroatoms. The van der Waals surface area contributed by atoms with E-state index in [1.54, 1.807) is 6.08 Å². The summed E-state index contributed by atoms with van der Waals surface area (Å²) in [6.07, 6.45) is 3.72. The van der Waals surface area contributed by atoms with Crippen molar-refractivity contribution in [3.8, 4) is 0 Å². The van der Waals surface area contributed by atoms with Gasteiger partial charge in [-0.15, -0.1) is 0 Å². The molecule has 16 heavy (non-hydrogen) atoms. The second-order valence-electron chi connectivity index (χ2n) is 3.43. The van der Waals surface area contributed by atoms with Gasteiger partial charge in [0.05, 0.1) is 0 Å². The van der Waals surface area contributed by atoms with Crippen molar-refractivity contribution in [1.82, 2.24) is 0 Å². The highest BCUT2D eigenvalue weighted by Gasteiger charge is 2.06. The van der Waals surface area contributed by atoms with Crippen molar-refractivity contribution in [2.24, 2.45) is 0 Å². The second kappa shape index (κ2) is 6.80. The van der Waals surface area contributed by atoms with E-state index in [2.05, 4.69) is 0 Å². The number of hydrogen-bond acceptors (Lipinski definition) is 3. The number of esters is 1. The molecule has 0 bridgehead atoms. The van der Waals surface area contributed by atoms with Crippen LogP contribution in [0.25, 0.3) is 6.08 Å². The molecule has 0 aromatic heterocycles. The summed E-state index contributed by atoms with van der Waals surface area (Å²) < 4.78 is 5.03. The first-order valence-corrected chi connectivity index (χ1v) is 5.23. The minimum absolute atomic E-state index is 0.00290. The average molecular weight is 220 g/mol. The third-order valence-corrected chi connectivity index (χ3v) is 2.03. The summed E-state index contributed by atoms with van der Waals surface area (Å²) in [6, 6.07) is 9.73. The van der Waals surface area contributed by atoms with Crippen LogP contribution in [-0.4, -0.2) is 23.8 Å². The van der Waals surface area contributed by atoms with E-state index in [0.29, 0.717) is 6.42 Å².